The molecule has 1 amide bonds. The van der Waals surface area contributed by atoms with Crippen molar-refractivity contribution in [2.24, 2.45) is 0 Å². The largest absolute Gasteiger partial charge is 0.771 e. The number of hydrogen-bond acceptors (Lipinski definition) is 3. The molecule has 1 N–H and O–H groups in total. The first-order chi connectivity index (χ1) is 10.4. The van der Waals surface area contributed by atoms with E-state index >= 15 is 0 Å². The van der Waals surface area contributed by atoms with E-state index in [0.717, 1.165) is 14.5 Å². The molecule has 0 fully saturated rings. The van der Waals surface area contributed by atoms with Crippen LogP contribution in [0.5, 0.6) is 0 Å². The van der Waals surface area contributed by atoms with E-state index in [0.29, 0.717) is 11.3 Å². The van der Waals surface area contributed by atoms with Gasteiger partial charge in [0, 0.05) is 14.6 Å². The summed E-state index contributed by atoms with van der Waals surface area (Å²) >= 11 is 4.23. The van der Waals surface area contributed by atoms with Gasteiger partial charge in [0.1, 0.15) is 5.25 Å². The third kappa shape index (κ3) is 4.04. The average molecular weight is 446 g/mol. The fourth-order valence-corrected chi connectivity index (χ4v) is 3.70. The molecule has 0 radical (unpaired) electrons. The molecule has 0 aliphatic rings. The quantitative estimate of drug-likeness (QED) is 0.720. The van der Waals surface area contributed by atoms with E-state index in [1.165, 1.54) is 0 Å². The molecule has 2 rings (SSSR count). The Morgan fingerprint density at radius 2 is 1.73 bits per heavy atom. The van der Waals surface area contributed by atoms with E-state index in [1.54, 1.807) is 42.5 Å². The maximum Gasteiger partial charge on any atom is 0.243 e. The minimum atomic E-state index is -2.56. The van der Waals surface area contributed by atoms with Crippen molar-refractivity contribution in [2.45, 2.75) is 12.2 Å². The second-order valence-corrected chi connectivity index (χ2v) is 7.31. The van der Waals surface area contributed by atoms with E-state index in [9.17, 15) is 13.6 Å². The van der Waals surface area contributed by atoms with E-state index in [1.807, 2.05) is 6.92 Å². The van der Waals surface area contributed by atoms with Crippen LogP contribution in [0.3, 0.4) is 0 Å². The number of carbonyl (C=O) groups is 1. The van der Waals surface area contributed by atoms with E-state index in [2.05, 4.69) is 37.2 Å². The smallest absolute Gasteiger partial charge is 0.243 e. The Balaban J connectivity index is 2.28. The topological polar surface area (TPSA) is 69.2 Å². The normalized spacial score (nSPS) is 13.5. The minimum absolute atomic E-state index is 0.429. The zero-order valence-electron chi connectivity index (χ0n) is 11.5. The van der Waals surface area contributed by atoms with Crippen molar-refractivity contribution in [3.63, 3.8) is 0 Å². The van der Waals surface area contributed by atoms with Crippen LogP contribution >= 0.6 is 31.9 Å². The maximum atomic E-state index is 12.3. The Labute approximate surface area is 147 Å². The van der Waals surface area contributed by atoms with Crippen LogP contribution < -0.4 is 5.32 Å². The summed E-state index contributed by atoms with van der Waals surface area (Å²) in [4.78, 5) is 12.3. The Bertz CT molecular complexity index is 699. The zero-order chi connectivity index (χ0) is 16.3. The van der Waals surface area contributed by atoms with Crippen LogP contribution in [-0.4, -0.2) is 14.7 Å². The standard InChI is InChI=1S/C15H13Br2NO3S/c1-9-12(16)7-11(8-13(9)17)18-15(19)14(22(20)21)10-5-3-2-4-6-10/h2-8,14H,1H3,(H,18,19)(H,20,21)/p-1. The van der Waals surface area contributed by atoms with Crippen LogP contribution in [0, 0.1) is 6.92 Å². The lowest BCUT2D eigenvalue weighted by Crippen LogP contribution is -2.24. The summed E-state index contributed by atoms with van der Waals surface area (Å²) in [5.41, 5.74) is 1.93. The van der Waals surface area contributed by atoms with E-state index in [-0.39, 0.29) is 0 Å². The van der Waals surface area contributed by atoms with Crippen LogP contribution in [0.4, 0.5) is 5.69 Å². The molecule has 0 aromatic heterocycles. The molecule has 2 unspecified atom stereocenters. The molecule has 7 heteroatoms. The van der Waals surface area contributed by atoms with Gasteiger partial charge < -0.3 is 9.87 Å². The van der Waals surface area contributed by atoms with Gasteiger partial charge in [-0.2, -0.15) is 0 Å². The Morgan fingerprint density at radius 3 is 2.23 bits per heavy atom. The molecular formula is C15H12Br2NO3S-. The van der Waals surface area contributed by atoms with Gasteiger partial charge in [-0.3, -0.25) is 9.00 Å². The third-order valence-electron chi connectivity index (χ3n) is 3.08. The number of hydrogen-bond donors (Lipinski definition) is 1. The van der Waals surface area contributed by atoms with E-state index in [4.69, 9.17) is 0 Å². The van der Waals surface area contributed by atoms with Gasteiger partial charge in [0.05, 0.1) is 0 Å². The monoisotopic (exact) mass is 444 g/mol. The number of halogens is 2. The van der Waals surface area contributed by atoms with Crippen LogP contribution in [0.15, 0.2) is 51.4 Å². The lowest BCUT2D eigenvalue weighted by molar-refractivity contribution is -0.115. The van der Waals surface area contributed by atoms with Crippen molar-refractivity contribution in [2.75, 3.05) is 5.32 Å². The molecule has 0 bridgehead atoms. The maximum absolute atomic E-state index is 12.3. The number of anilines is 1. The molecule has 116 valence electrons. The third-order valence-corrected chi connectivity index (χ3v) is 5.60. The highest BCUT2D eigenvalue weighted by atomic mass is 79.9. The molecule has 2 aromatic carbocycles. The van der Waals surface area contributed by atoms with E-state index < -0.39 is 22.2 Å². The number of amides is 1. The van der Waals surface area contributed by atoms with Crippen LogP contribution in [0.1, 0.15) is 16.4 Å². The molecular weight excluding hydrogens is 434 g/mol. The molecule has 0 saturated heterocycles. The SMILES string of the molecule is Cc1c(Br)cc(NC(=O)C(c2ccccc2)S(=O)[O-])cc1Br. The lowest BCUT2D eigenvalue weighted by atomic mass is 10.1. The molecule has 22 heavy (non-hydrogen) atoms. The van der Waals surface area contributed by atoms with Crippen LogP contribution in [-0.2, 0) is 15.9 Å². The fraction of sp³-hybridized carbons (Fsp3) is 0.133. The molecule has 0 spiro atoms. The molecule has 2 atom stereocenters. The summed E-state index contributed by atoms with van der Waals surface area (Å²) in [6.07, 6.45) is 0. The summed E-state index contributed by atoms with van der Waals surface area (Å²) in [7, 11) is 0. The average Bonchev–Trinajstić information content (AvgIpc) is 2.45. The highest BCUT2D eigenvalue weighted by Crippen LogP contribution is 2.30. The fourth-order valence-electron chi connectivity index (χ4n) is 1.90. The first-order valence-corrected chi connectivity index (χ1v) is 9.02. The summed E-state index contributed by atoms with van der Waals surface area (Å²) in [6, 6.07) is 11.8. The first-order valence-electron chi connectivity index (χ1n) is 6.29. The number of carbonyl (C=O) groups excluding carboxylic acids is 1. The van der Waals surface area contributed by atoms with Gasteiger partial charge in [-0.25, -0.2) is 0 Å². The predicted octanol–water partition coefficient (Wildman–Crippen LogP) is 4.08. The van der Waals surface area contributed by atoms with Gasteiger partial charge in [0.15, 0.2) is 0 Å². The van der Waals surface area contributed by atoms with Gasteiger partial charge in [0.25, 0.3) is 0 Å². The van der Waals surface area contributed by atoms with Crippen LogP contribution in [0.25, 0.3) is 0 Å². The van der Waals surface area contributed by atoms with Gasteiger partial charge in [0.2, 0.25) is 5.91 Å². The molecule has 4 nitrogen and oxygen atoms in total. The van der Waals surface area contributed by atoms with Crippen molar-refractivity contribution in [3.8, 4) is 0 Å². The second-order valence-electron chi connectivity index (χ2n) is 4.61. The van der Waals surface area contributed by atoms with Crippen molar-refractivity contribution in [1.29, 1.82) is 0 Å². The van der Waals surface area contributed by atoms with Crippen molar-refractivity contribution < 1.29 is 13.6 Å². The van der Waals surface area contributed by atoms with Crippen LogP contribution in [0.2, 0.25) is 0 Å². The minimum Gasteiger partial charge on any atom is -0.771 e. The van der Waals surface area contributed by atoms with Gasteiger partial charge in [-0.1, -0.05) is 62.2 Å². The number of nitrogens with one attached hydrogen (secondary N) is 1. The highest BCUT2D eigenvalue weighted by Gasteiger charge is 2.22. The number of rotatable bonds is 4. The van der Waals surface area contributed by atoms with Crippen molar-refractivity contribution >= 4 is 54.5 Å². The molecule has 0 heterocycles. The predicted molar refractivity (Wildman–Crippen MR) is 93.3 cm³/mol. The Kier molecular flexibility index (Phi) is 5.91. The zero-order valence-corrected chi connectivity index (χ0v) is 15.5. The summed E-state index contributed by atoms with van der Waals surface area (Å²) in [5, 5.41) is 1.39. The summed E-state index contributed by atoms with van der Waals surface area (Å²) < 4.78 is 24.5. The highest BCUT2D eigenvalue weighted by molar-refractivity contribution is 9.11. The van der Waals surface area contributed by atoms with Crippen molar-refractivity contribution in [1.82, 2.24) is 0 Å². The van der Waals surface area contributed by atoms with Gasteiger partial charge in [-0.05, 0) is 41.3 Å². The van der Waals surface area contributed by atoms with Crippen molar-refractivity contribution in [3.05, 3.63) is 62.5 Å². The summed E-state index contributed by atoms with van der Waals surface area (Å²) in [6.45, 7) is 1.92. The number of benzene rings is 2. The van der Waals surface area contributed by atoms with Gasteiger partial charge >= 0.3 is 0 Å². The summed E-state index contributed by atoms with van der Waals surface area (Å²) in [5.74, 6) is -0.595. The molecule has 0 saturated carbocycles. The molecule has 0 aliphatic heterocycles. The molecule has 2 aromatic rings. The van der Waals surface area contributed by atoms with Gasteiger partial charge in [-0.15, -0.1) is 0 Å². The lowest BCUT2D eigenvalue weighted by Gasteiger charge is -2.20. The Hall–Kier alpha value is -1.02. The molecule has 0 aliphatic carbocycles. The first kappa shape index (κ1) is 17.3. The second kappa shape index (κ2) is 7.50. The Morgan fingerprint density at radius 1 is 1.18 bits per heavy atom.